The highest BCUT2D eigenvalue weighted by atomic mass is 16.5. The summed E-state index contributed by atoms with van der Waals surface area (Å²) in [5.41, 5.74) is 0.181. The number of rotatable bonds is 8. The van der Waals surface area contributed by atoms with Gasteiger partial charge in [0.05, 0.1) is 18.7 Å². The molecule has 17 heavy (non-hydrogen) atoms. The largest absolute Gasteiger partial charge is 0.478 e. The normalized spacial score (nSPS) is 12.6. The van der Waals surface area contributed by atoms with E-state index in [0.717, 1.165) is 12.8 Å². The maximum absolute atomic E-state index is 10.7. The van der Waals surface area contributed by atoms with Gasteiger partial charge in [-0.3, -0.25) is 0 Å². The molecule has 0 bridgehead atoms. The van der Waals surface area contributed by atoms with E-state index in [0.29, 0.717) is 18.9 Å². The Balaban J connectivity index is 2.44. The van der Waals surface area contributed by atoms with Gasteiger partial charge in [0.15, 0.2) is 0 Å². The van der Waals surface area contributed by atoms with E-state index in [1.165, 1.54) is 12.3 Å². The average Bonchev–Trinajstić information content (AvgIpc) is 2.75. The summed E-state index contributed by atoms with van der Waals surface area (Å²) >= 11 is 0. The van der Waals surface area contributed by atoms with E-state index in [1.807, 2.05) is 0 Å². The summed E-state index contributed by atoms with van der Waals surface area (Å²) in [6, 6.07) is 1.80. The average molecular weight is 241 g/mol. The molecule has 1 unspecified atom stereocenters. The number of ether oxygens (including phenoxy) is 1. The first kappa shape index (κ1) is 13.7. The molecule has 1 atom stereocenters. The van der Waals surface area contributed by atoms with Crippen LogP contribution in [0.4, 0.5) is 0 Å². The molecule has 0 radical (unpaired) electrons. The van der Waals surface area contributed by atoms with Crippen LogP contribution in [0.5, 0.6) is 0 Å². The van der Waals surface area contributed by atoms with Crippen LogP contribution < -0.4 is 5.32 Å². The van der Waals surface area contributed by atoms with E-state index < -0.39 is 5.97 Å². The number of nitrogens with one attached hydrogen (secondary N) is 1. The van der Waals surface area contributed by atoms with Gasteiger partial charge >= 0.3 is 5.97 Å². The Bertz CT molecular complexity index is 342. The molecule has 96 valence electrons. The first-order valence-corrected chi connectivity index (χ1v) is 5.70. The number of carboxylic acid groups (broad SMARTS) is 1. The van der Waals surface area contributed by atoms with Gasteiger partial charge in [0.2, 0.25) is 0 Å². The number of hydrogen-bond donors (Lipinski definition) is 2. The lowest BCUT2D eigenvalue weighted by atomic mass is 10.2. The number of furan rings is 1. The van der Waals surface area contributed by atoms with E-state index in [1.54, 1.807) is 7.11 Å². The fourth-order valence-corrected chi connectivity index (χ4v) is 1.62. The second-order valence-electron chi connectivity index (χ2n) is 3.93. The number of hydrogen-bond acceptors (Lipinski definition) is 4. The highest BCUT2D eigenvalue weighted by Crippen LogP contribution is 2.08. The van der Waals surface area contributed by atoms with Crippen molar-refractivity contribution in [2.45, 2.75) is 32.4 Å². The molecule has 1 aromatic heterocycles. The van der Waals surface area contributed by atoms with Crippen LogP contribution in [0.15, 0.2) is 16.7 Å². The van der Waals surface area contributed by atoms with Crippen LogP contribution >= 0.6 is 0 Å². The molecule has 0 aliphatic rings. The summed E-state index contributed by atoms with van der Waals surface area (Å²) < 4.78 is 10.2. The molecule has 2 N–H and O–H groups in total. The first-order valence-electron chi connectivity index (χ1n) is 5.70. The molecule has 1 heterocycles. The van der Waals surface area contributed by atoms with E-state index in [4.69, 9.17) is 14.3 Å². The van der Waals surface area contributed by atoms with Crippen LogP contribution in [0.3, 0.4) is 0 Å². The van der Waals surface area contributed by atoms with Gasteiger partial charge in [0.1, 0.15) is 12.0 Å². The van der Waals surface area contributed by atoms with Crippen molar-refractivity contribution in [1.82, 2.24) is 5.32 Å². The lowest BCUT2D eigenvalue weighted by molar-refractivity contribution is 0.0696. The third-order valence-electron chi connectivity index (χ3n) is 2.47. The summed E-state index contributed by atoms with van der Waals surface area (Å²) in [6.07, 6.45) is 3.34. The molecule has 0 fully saturated rings. The molecule has 5 nitrogen and oxygen atoms in total. The lowest BCUT2D eigenvalue weighted by Gasteiger charge is -2.15. The van der Waals surface area contributed by atoms with Gasteiger partial charge in [-0.1, -0.05) is 13.3 Å². The monoisotopic (exact) mass is 241 g/mol. The van der Waals surface area contributed by atoms with Gasteiger partial charge < -0.3 is 19.6 Å². The number of methoxy groups -OCH3 is 1. The second kappa shape index (κ2) is 7.09. The first-order chi connectivity index (χ1) is 8.17. The fourth-order valence-electron chi connectivity index (χ4n) is 1.62. The fraction of sp³-hybridized carbons (Fsp3) is 0.583. The van der Waals surface area contributed by atoms with E-state index in [2.05, 4.69) is 12.2 Å². The van der Waals surface area contributed by atoms with Crippen LogP contribution in [0.2, 0.25) is 0 Å². The Labute approximate surface area is 101 Å². The third kappa shape index (κ3) is 4.58. The zero-order valence-electron chi connectivity index (χ0n) is 10.2. The molecule has 0 aromatic carbocycles. The Morgan fingerprint density at radius 3 is 2.94 bits per heavy atom. The Kier molecular flexibility index (Phi) is 5.72. The van der Waals surface area contributed by atoms with E-state index in [-0.39, 0.29) is 11.6 Å². The smallest absolute Gasteiger partial charge is 0.338 e. The highest BCUT2D eigenvalue weighted by molar-refractivity contribution is 5.87. The van der Waals surface area contributed by atoms with Crippen molar-refractivity contribution in [3.63, 3.8) is 0 Å². The summed E-state index contributed by atoms with van der Waals surface area (Å²) in [5, 5.41) is 12.0. The van der Waals surface area contributed by atoms with E-state index >= 15 is 0 Å². The second-order valence-corrected chi connectivity index (χ2v) is 3.93. The molecule has 0 amide bonds. The summed E-state index contributed by atoms with van der Waals surface area (Å²) in [6.45, 7) is 3.27. The predicted molar refractivity (Wildman–Crippen MR) is 63.1 cm³/mol. The standard InChI is InChI=1S/C12H19NO4/c1-3-4-10(8-16-2)13-6-11-5-9(7-17-11)12(14)15/h5,7,10,13H,3-4,6,8H2,1-2H3,(H,14,15). The topological polar surface area (TPSA) is 71.7 Å². The maximum Gasteiger partial charge on any atom is 0.338 e. The highest BCUT2D eigenvalue weighted by Gasteiger charge is 2.10. The maximum atomic E-state index is 10.7. The van der Waals surface area contributed by atoms with Crippen LogP contribution in [0.1, 0.15) is 35.9 Å². The molecule has 0 aliphatic heterocycles. The van der Waals surface area contributed by atoms with Crippen molar-refractivity contribution in [3.8, 4) is 0 Å². The Hall–Kier alpha value is -1.33. The molecular formula is C12H19NO4. The van der Waals surface area contributed by atoms with Crippen molar-refractivity contribution < 1.29 is 19.1 Å². The van der Waals surface area contributed by atoms with Crippen molar-refractivity contribution in [2.75, 3.05) is 13.7 Å². The van der Waals surface area contributed by atoms with Gasteiger partial charge in [0.25, 0.3) is 0 Å². The van der Waals surface area contributed by atoms with Crippen molar-refractivity contribution >= 4 is 5.97 Å². The number of carbonyl (C=O) groups is 1. The lowest BCUT2D eigenvalue weighted by Crippen LogP contribution is -2.32. The summed E-state index contributed by atoms with van der Waals surface area (Å²) in [7, 11) is 1.67. The minimum absolute atomic E-state index is 0.181. The minimum atomic E-state index is -0.970. The summed E-state index contributed by atoms with van der Waals surface area (Å²) in [4.78, 5) is 10.7. The van der Waals surface area contributed by atoms with Crippen LogP contribution in [0, 0.1) is 0 Å². The summed E-state index contributed by atoms with van der Waals surface area (Å²) in [5.74, 6) is -0.346. The molecule has 0 aliphatic carbocycles. The number of aromatic carboxylic acids is 1. The zero-order valence-corrected chi connectivity index (χ0v) is 10.2. The number of carboxylic acids is 1. The molecule has 5 heteroatoms. The van der Waals surface area contributed by atoms with Gasteiger partial charge in [0, 0.05) is 13.2 Å². The molecule has 0 saturated carbocycles. The zero-order chi connectivity index (χ0) is 12.7. The Morgan fingerprint density at radius 2 is 2.41 bits per heavy atom. The van der Waals surface area contributed by atoms with Crippen molar-refractivity contribution in [1.29, 1.82) is 0 Å². The van der Waals surface area contributed by atoms with E-state index in [9.17, 15) is 4.79 Å². The molecule has 1 aromatic rings. The van der Waals surface area contributed by atoms with Crippen LogP contribution in [0.25, 0.3) is 0 Å². The third-order valence-corrected chi connectivity index (χ3v) is 2.47. The predicted octanol–water partition coefficient (Wildman–Crippen LogP) is 1.88. The van der Waals surface area contributed by atoms with Gasteiger partial charge in [-0.2, -0.15) is 0 Å². The van der Waals surface area contributed by atoms with Crippen molar-refractivity contribution in [2.24, 2.45) is 0 Å². The van der Waals surface area contributed by atoms with Crippen molar-refractivity contribution in [3.05, 3.63) is 23.7 Å². The van der Waals surface area contributed by atoms with Gasteiger partial charge in [-0.05, 0) is 12.5 Å². The van der Waals surface area contributed by atoms with Crippen LogP contribution in [-0.2, 0) is 11.3 Å². The van der Waals surface area contributed by atoms with Gasteiger partial charge in [-0.25, -0.2) is 4.79 Å². The molecule has 0 spiro atoms. The molecule has 1 rings (SSSR count). The minimum Gasteiger partial charge on any atom is -0.478 e. The quantitative estimate of drug-likeness (QED) is 0.727. The van der Waals surface area contributed by atoms with Crippen LogP contribution in [-0.4, -0.2) is 30.8 Å². The Morgan fingerprint density at radius 1 is 1.65 bits per heavy atom. The van der Waals surface area contributed by atoms with Gasteiger partial charge in [-0.15, -0.1) is 0 Å². The molecule has 0 saturated heterocycles. The molecular weight excluding hydrogens is 222 g/mol. The SMILES string of the molecule is CCCC(COC)NCc1cc(C(=O)O)co1.